The summed E-state index contributed by atoms with van der Waals surface area (Å²) in [5.41, 5.74) is 4.02. The van der Waals surface area contributed by atoms with Gasteiger partial charge in [0.2, 0.25) is 0 Å². The Balaban J connectivity index is 1.63. The zero-order valence-electron chi connectivity index (χ0n) is 19.4. The molecule has 4 aromatic rings. The minimum Gasteiger partial charge on any atom is -0.321 e. The molecule has 5 heteroatoms. The zero-order valence-corrected chi connectivity index (χ0v) is 20.2. The summed E-state index contributed by atoms with van der Waals surface area (Å²) in [5.74, 6) is 0.322. The Labute approximate surface area is 207 Å². The number of hydrogen-bond acceptors (Lipinski definition) is 2. The van der Waals surface area contributed by atoms with Crippen molar-refractivity contribution >= 4 is 27.6 Å². The van der Waals surface area contributed by atoms with Gasteiger partial charge >= 0.3 is 0 Å². The van der Waals surface area contributed by atoms with Crippen LogP contribution in [0.4, 0.5) is 5.69 Å². The Morgan fingerprint density at radius 3 is 1.94 bits per heavy atom. The van der Waals surface area contributed by atoms with Gasteiger partial charge in [-0.3, -0.25) is 0 Å². The van der Waals surface area contributed by atoms with Crippen LogP contribution in [-0.4, -0.2) is 20.3 Å². The molecule has 174 valence electrons. The fourth-order valence-corrected chi connectivity index (χ4v) is 5.41. The second-order valence-electron chi connectivity index (χ2n) is 8.59. The normalized spacial score (nSPS) is 19.1. The highest BCUT2D eigenvalue weighted by molar-refractivity contribution is 7.90. The maximum absolute atomic E-state index is 13.4. The average Bonchev–Trinajstić information content (AvgIpc) is 2.88. The van der Waals surface area contributed by atoms with Crippen LogP contribution in [0.15, 0.2) is 131 Å². The lowest BCUT2D eigenvalue weighted by atomic mass is 9.80. The van der Waals surface area contributed by atoms with Crippen molar-refractivity contribution in [1.82, 2.24) is 0 Å². The van der Waals surface area contributed by atoms with Crippen molar-refractivity contribution in [2.24, 2.45) is 4.40 Å². The molecule has 0 bridgehead atoms. The SMILES string of the molecule is Cc1ccc(S(=O)(=O)/N=C2\[C@H](c3ccccc3)[C@@H](/C=C/c3ccccc3)N2c2ccccc2)cc1. The molecule has 0 N–H and O–H groups in total. The molecule has 4 nitrogen and oxygen atoms in total. The molecule has 0 amide bonds. The molecule has 1 aliphatic heterocycles. The lowest BCUT2D eigenvalue weighted by Gasteiger charge is -2.49. The molecular formula is C30H26N2O2S. The summed E-state index contributed by atoms with van der Waals surface area (Å²) in [6.45, 7) is 1.93. The third-order valence-corrected chi connectivity index (χ3v) is 7.47. The van der Waals surface area contributed by atoms with Crippen LogP contribution in [0.25, 0.3) is 6.08 Å². The standard InChI is InChI=1S/C30H26N2O2S/c1-23-17-20-27(21-18-23)35(33,34)31-30-29(25-13-7-3-8-14-25)28(22-19-24-11-5-2-6-12-24)32(30)26-15-9-4-10-16-26/h2-22,28-29H,1H3/b22-19+,31-30+/t28-,29-/m1/s1. The highest BCUT2D eigenvalue weighted by Crippen LogP contribution is 2.42. The Hall–Kier alpha value is -3.96. The first-order valence-electron chi connectivity index (χ1n) is 11.6. The van der Waals surface area contributed by atoms with E-state index in [1.165, 1.54) is 0 Å². The smallest absolute Gasteiger partial charge is 0.283 e. The van der Waals surface area contributed by atoms with E-state index in [4.69, 9.17) is 0 Å². The van der Waals surface area contributed by atoms with Crippen molar-refractivity contribution in [2.75, 3.05) is 4.90 Å². The Morgan fingerprint density at radius 2 is 1.31 bits per heavy atom. The molecule has 0 saturated carbocycles. The summed E-state index contributed by atoms with van der Waals surface area (Å²) in [7, 11) is -3.89. The third kappa shape index (κ3) is 4.81. The quantitative estimate of drug-likeness (QED) is 0.319. The number of para-hydroxylation sites is 1. The number of aryl methyl sites for hydroxylation is 1. The molecule has 0 spiro atoms. The van der Waals surface area contributed by atoms with Gasteiger partial charge in [0.15, 0.2) is 0 Å². The van der Waals surface area contributed by atoms with Gasteiger partial charge in [-0.25, -0.2) is 0 Å². The minimum atomic E-state index is -3.89. The molecule has 4 aromatic carbocycles. The van der Waals surface area contributed by atoms with E-state index in [9.17, 15) is 8.42 Å². The summed E-state index contributed by atoms with van der Waals surface area (Å²) >= 11 is 0. The van der Waals surface area contributed by atoms with Crippen molar-refractivity contribution in [3.63, 3.8) is 0 Å². The van der Waals surface area contributed by atoms with E-state index in [-0.39, 0.29) is 16.9 Å². The van der Waals surface area contributed by atoms with Crippen molar-refractivity contribution < 1.29 is 8.42 Å². The summed E-state index contributed by atoms with van der Waals surface area (Å²) in [6.07, 6.45) is 4.22. The van der Waals surface area contributed by atoms with Crippen molar-refractivity contribution in [2.45, 2.75) is 23.8 Å². The van der Waals surface area contributed by atoms with E-state index < -0.39 is 10.0 Å². The van der Waals surface area contributed by atoms with Crippen LogP contribution < -0.4 is 4.90 Å². The molecule has 2 atom stereocenters. The topological polar surface area (TPSA) is 49.7 Å². The molecule has 1 aliphatic rings. The van der Waals surface area contributed by atoms with Crippen LogP contribution in [0, 0.1) is 6.92 Å². The van der Waals surface area contributed by atoms with Gasteiger partial charge in [-0.2, -0.15) is 8.42 Å². The van der Waals surface area contributed by atoms with Gasteiger partial charge in [-0.15, -0.1) is 4.40 Å². The van der Waals surface area contributed by atoms with Crippen molar-refractivity contribution in [3.05, 3.63) is 138 Å². The maximum atomic E-state index is 13.4. The van der Waals surface area contributed by atoms with Gasteiger partial charge in [-0.1, -0.05) is 109 Å². The molecule has 0 aromatic heterocycles. The van der Waals surface area contributed by atoms with Gasteiger partial charge in [0.05, 0.1) is 16.9 Å². The molecular weight excluding hydrogens is 452 g/mol. The first-order chi connectivity index (χ1) is 17.0. The van der Waals surface area contributed by atoms with Gasteiger partial charge in [0.25, 0.3) is 10.0 Å². The Kier molecular flexibility index (Phi) is 6.34. The number of amidine groups is 1. The molecule has 1 heterocycles. The average molecular weight is 479 g/mol. The van der Waals surface area contributed by atoms with Gasteiger partial charge < -0.3 is 4.90 Å². The highest BCUT2D eigenvalue weighted by atomic mass is 32.2. The predicted octanol–water partition coefficient (Wildman–Crippen LogP) is 6.47. The van der Waals surface area contributed by atoms with Gasteiger partial charge in [0, 0.05) is 5.69 Å². The van der Waals surface area contributed by atoms with Crippen molar-refractivity contribution in [1.29, 1.82) is 0 Å². The number of hydrogen-bond donors (Lipinski definition) is 0. The fraction of sp³-hybridized carbons (Fsp3) is 0.100. The summed E-state index contributed by atoms with van der Waals surface area (Å²) in [6, 6.07) is 36.6. The number of anilines is 1. The maximum Gasteiger partial charge on any atom is 0.283 e. The van der Waals surface area contributed by atoms with Crippen LogP contribution in [0.2, 0.25) is 0 Å². The summed E-state index contributed by atoms with van der Waals surface area (Å²) < 4.78 is 31.1. The molecule has 5 rings (SSSR count). The van der Waals surface area contributed by atoms with Crippen molar-refractivity contribution in [3.8, 4) is 0 Å². The second kappa shape index (κ2) is 9.72. The zero-order chi connectivity index (χ0) is 24.3. The monoisotopic (exact) mass is 478 g/mol. The third-order valence-electron chi connectivity index (χ3n) is 6.18. The first-order valence-corrected chi connectivity index (χ1v) is 13.0. The van der Waals surface area contributed by atoms with Crippen LogP contribution in [-0.2, 0) is 10.0 Å². The molecule has 0 aliphatic carbocycles. The van der Waals surface area contributed by atoms with Gasteiger partial charge in [0.1, 0.15) is 5.84 Å². The van der Waals surface area contributed by atoms with E-state index in [2.05, 4.69) is 28.7 Å². The van der Waals surface area contributed by atoms with E-state index in [0.717, 1.165) is 22.4 Å². The van der Waals surface area contributed by atoms with E-state index in [1.807, 2.05) is 90.7 Å². The lowest BCUT2D eigenvalue weighted by molar-refractivity contribution is 0.593. The highest BCUT2D eigenvalue weighted by Gasteiger charge is 2.46. The fourth-order valence-electron chi connectivity index (χ4n) is 4.38. The molecule has 0 radical (unpaired) electrons. The Morgan fingerprint density at radius 1 is 0.743 bits per heavy atom. The number of benzene rings is 4. The number of nitrogens with zero attached hydrogens (tertiary/aromatic N) is 2. The summed E-state index contributed by atoms with van der Waals surface area (Å²) in [5, 5.41) is 0. The molecule has 35 heavy (non-hydrogen) atoms. The van der Waals surface area contributed by atoms with Crippen LogP contribution in [0.5, 0.6) is 0 Å². The van der Waals surface area contributed by atoms with E-state index >= 15 is 0 Å². The molecule has 1 fully saturated rings. The number of sulfonamides is 1. The first kappa shape index (κ1) is 22.8. The second-order valence-corrected chi connectivity index (χ2v) is 10.2. The van der Waals surface area contributed by atoms with E-state index in [0.29, 0.717) is 5.84 Å². The minimum absolute atomic E-state index is 0.0908. The predicted molar refractivity (Wildman–Crippen MR) is 143 cm³/mol. The van der Waals surface area contributed by atoms with Crippen LogP contribution in [0.1, 0.15) is 22.6 Å². The molecule has 0 unspecified atom stereocenters. The Bertz CT molecular complexity index is 1400. The van der Waals surface area contributed by atoms with Crippen LogP contribution in [0.3, 0.4) is 0 Å². The lowest BCUT2D eigenvalue weighted by Crippen LogP contribution is -2.59. The largest absolute Gasteiger partial charge is 0.321 e. The van der Waals surface area contributed by atoms with Gasteiger partial charge in [-0.05, 0) is 42.3 Å². The van der Waals surface area contributed by atoms with Crippen LogP contribution >= 0.6 is 0 Å². The summed E-state index contributed by atoms with van der Waals surface area (Å²) in [4.78, 5) is 2.21. The number of rotatable bonds is 6. The van der Waals surface area contributed by atoms with E-state index in [1.54, 1.807) is 24.3 Å². The molecule has 1 saturated heterocycles.